The molecule has 0 heterocycles. The van der Waals surface area contributed by atoms with Crippen LogP contribution in [-0.4, -0.2) is 37.3 Å². The van der Waals surface area contributed by atoms with Crippen molar-refractivity contribution in [3.8, 4) is 5.75 Å². The maximum atomic E-state index is 12.2. The van der Waals surface area contributed by atoms with E-state index in [9.17, 15) is 9.59 Å². The van der Waals surface area contributed by atoms with Crippen molar-refractivity contribution in [2.75, 3.05) is 25.6 Å². The number of ether oxygens (including phenoxy) is 2. The number of rotatable bonds is 6. The first kappa shape index (κ1) is 16.5. The second-order valence-electron chi connectivity index (χ2n) is 4.61. The summed E-state index contributed by atoms with van der Waals surface area (Å²) < 4.78 is 10.0. The number of carbonyl (C=O) groups is 2. The first-order valence-corrected chi connectivity index (χ1v) is 7.00. The summed E-state index contributed by atoms with van der Waals surface area (Å²) in [7, 11) is 1.25. The molecule has 0 saturated heterocycles. The Morgan fingerprint density at radius 3 is 2.48 bits per heavy atom. The van der Waals surface area contributed by atoms with Crippen LogP contribution in [0.3, 0.4) is 0 Å². The Morgan fingerprint density at radius 1 is 1.09 bits per heavy atom. The molecule has 0 fully saturated rings. The van der Waals surface area contributed by atoms with Crippen LogP contribution < -0.4 is 10.1 Å². The van der Waals surface area contributed by atoms with E-state index in [1.165, 1.54) is 19.2 Å². The smallest absolute Gasteiger partial charge is 0.343 e. The molecular formula is C17H17NO5. The average molecular weight is 315 g/mol. The van der Waals surface area contributed by atoms with Gasteiger partial charge in [0.25, 0.3) is 0 Å². The third-order valence-electron chi connectivity index (χ3n) is 3.04. The molecule has 0 aliphatic heterocycles. The Kier molecular flexibility index (Phi) is 5.71. The molecule has 0 bridgehead atoms. The van der Waals surface area contributed by atoms with Gasteiger partial charge >= 0.3 is 11.9 Å². The molecule has 6 heteroatoms. The molecule has 0 amide bonds. The zero-order valence-electron chi connectivity index (χ0n) is 12.6. The van der Waals surface area contributed by atoms with Crippen molar-refractivity contribution in [3.63, 3.8) is 0 Å². The van der Waals surface area contributed by atoms with E-state index in [1.54, 1.807) is 36.4 Å². The molecule has 120 valence electrons. The summed E-state index contributed by atoms with van der Waals surface area (Å²) in [4.78, 5) is 24.0. The molecule has 0 spiro atoms. The molecule has 0 aliphatic rings. The van der Waals surface area contributed by atoms with Gasteiger partial charge in [0.2, 0.25) is 0 Å². The number of carbonyl (C=O) groups excluding carboxylic acids is 2. The summed E-state index contributed by atoms with van der Waals surface area (Å²) in [5.41, 5.74) is 1.13. The Bertz CT molecular complexity index is 685. The molecule has 23 heavy (non-hydrogen) atoms. The van der Waals surface area contributed by atoms with Gasteiger partial charge in [-0.1, -0.05) is 18.2 Å². The number of nitrogens with one attached hydrogen (secondary N) is 1. The number of aliphatic hydroxyl groups excluding tert-OH is 1. The average Bonchev–Trinajstić information content (AvgIpc) is 2.60. The van der Waals surface area contributed by atoms with Gasteiger partial charge in [-0.05, 0) is 24.3 Å². The summed E-state index contributed by atoms with van der Waals surface area (Å²) in [5.74, 6) is -1.08. The Balaban J connectivity index is 2.29. The lowest BCUT2D eigenvalue weighted by molar-refractivity contribution is 0.0593. The van der Waals surface area contributed by atoms with E-state index in [2.05, 4.69) is 5.32 Å². The summed E-state index contributed by atoms with van der Waals surface area (Å²) in [5, 5.41) is 11.8. The van der Waals surface area contributed by atoms with Crippen molar-refractivity contribution in [2.24, 2.45) is 0 Å². The molecule has 6 nitrogen and oxygen atoms in total. The van der Waals surface area contributed by atoms with E-state index in [1.807, 2.05) is 0 Å². The molecule has 2 aromatic rings. The third kappa shape index (κ3) is 4.31. The summed E-state index contributed by atoms with van der Waals surface area (Å²) in [6.45, 7) is 0.293. The number of benzene rings is 2. The van der Waals surface area contributed by atoms with E-state index in [-0.39, 0.29) is 17.9 Å². The zero-order chi connectivity index (χ0) is 16.7. The summed E-state index contributed by atoms with van der Waals surface area (Å²) in [6.07, 6.45) is 0. The zero-order valence-corrected chi connectivity index (χ0v) is 12.6. The minimum Gasteiger partial charge on any atom is -0.465 e. The molecule has 2 aromatic carbocycles. The molecule has 0 saturated carbocycles. The predicted octanol–water partition coefficient (Wildman–Crippen LogP) is 2.10. The fourth-order valence-electron chi connectivity index (χ4n) is 1.93. The van der Waals surface area contributed by atoms with Crippen LogP contribution in [-0.2, 0) is 4.74 Å². The van der Waals surface area contributed by atoms with E-state index in [4.69, 9.17) is 14.6 Å². The van der Waals surface area contributed by atoms with E-state index >= 15 is 0 Å². The van der Waals surface area contributed by atoms with Crippen LogP contribution in [0.25, 0.3) is 0 Å². The van der Waals surface area contributed by atoms with Crippen molar-refractivity contribution in [2.45, 2.75) is 0 Å². The largest absolute Gasteiger partial charge is 0.465 e. The number of methoxy groups -OCH3 is 1. The number of anilines is 1. The fraction of sp³-hybridized carbons (Fsp3) is 0.176. The monoisotopic (exact) mass is 315 g/mol. The predicted molar refractivity (Wildman–Crippen MR) is 84.8 cm³/mol. The third-order valence-corrected chi connectivity index (χ3v) is 3.04. The summed E-state index contributed by atoms with van der Waals surface area (Å²) >= 11 is 0. The van der Waals surface area contributed by atoms with Crippen molar-refractivity contribution in [3.05, 3.63) is 59.7 Å². The normalized spacial score (nSPS) is 10.0. The van der Waals surface area contributed by atoms with Crippen molar-refractivity contribution in [1.29, 1.82) is 0 Å². The van der Waals surface area contributed by atoms with E-state index in [0.717, 1.165) is 0 Å². The quantitative estimate of drug-likeness (QED) is 0.627. The van der Waals surface area contributed by atoms with Gasteiger partial charge in [-0.2, -0.15) is 0 Å². The topological polar surface area (TPSA) is 84.9 Å². The molecule has 0 unspecified atom stereocenters. The highest BCUT2D eigenvalue weighted by atomic mass is 16.5. The second-order valence-corrected chi connectivity index (χ2v) is 4.61. The maximum absolute atomic E-state index is 12.2. The number of esters is 2. The molecule has 2 rings (SSSR count). The fourth-order valence-corrected chi connectivity index (χ4v) is 1.93. The van der Waals surface area contributed by atoms with E-state index < -0.39 is 11.9 Å². The van der Waals surface area contributed by atoms with Crippen LogP contribution in [0.1, 0.15) is 20.7 Å². The lowest BCUT2D eigenvalue weighted by Gasteiger charge is -2.12. The van der Waals surface area contributed by atoms with Gasteiger partial charge in [0.1, 0.15) is 11.3 Å². The molecule has 0 aliphatic carbocycles. The Morgan fingerprint density at radius 2 is 1.83 bits per heavy atom. The van der Waals surface area contributed by atoms with Gasteiger partial charge in [-0.15, -0.1) is 0 Å². The van der Waals surface area contributed by atoms with E-state index in [0.29, 0.717) is 17.8 Å². The Hall–Kier alpha value is -2.86. The molecular weight excluding hydrogens is 298 g/mol. The number of hydrogen-bond acceptors (Lipinski definition) is 6. The highest BCUT2D eigenvalue weighted by Gasteiger charge is 2.17. The van der Waals surface area contributed by atoms with Crippen LogP contribution in [0.4, 0.5) is 5.69 Å². The van der Waals surface area contributed by atoms with Crippen molar-refractivity contribution < 1.29 is 24.2 Å². The standard InChI is InChI=1S/C17H17NO5/c1-22-17(21)14-8-7-13(18-9-10-19)11-15(14)23-16(20)12-5-3-2-4-6-12/h2-8,11,18-19H,9-10H2,1H3. The van der Waals surface area contributed by atoms with Crippen molar-refractivity contribution >= 4 is 17.6 Å². The molecule has 0 aromatic heterocycles. The van der Waals surface area contributed by atoms with Crippen LogP contribution in [0.2, 0.25) is 0 Å². The van der Waals surface area contributed by atoms with Crippen molar-refractivity contribution in [1.82, 2.24) is 0 Å². The van der Waals surface area contributed by atoms with Crippen LogP contribution in [0.5, 0.6) is 5.75 Å². The maximum Gasteiger partial charge on any atom is 0.343 e. The molecule has 0 radical (unpaired) electrons. The van der Waals surface area contributed by atoms with Gasteiger partial charge in [-0.25, -0.2) is 9.59 Å². The Labute approximate surface area is 133 Å². The van der Waals surface area contributed by atoms with Gasteiger partial charge in [-0.3, -0.25) is 0 Å². The number of hydrogen-bond donors (Lipinski definition) is 2. The highest BCUT2D eigenvalue weighted by molar-refractivity contribution is 5.96. The van der Waals surface area contributed by atoms with Crippen LogP contribution >= 0.6 is 0 Å². The SMILES string of the molecule is COC(=O)c1ccc(NCCO)cc1OC(=O)c1ccccc1. The minimum absolute atomic E-state index is 0.0438. The van der Waals surface area contributed by atoms with Gasteiger partial charge in [0, 0.05) is 18.3 Å². The van der Waals surface area contributed by atoms with Gasteiger partial charge in [0.05, 0.1) is 19.3 Å². The van der Waals surface area contributed by atoms with Crippen LogP contribution in [0, 0.1) is 0 Å². The van der Waals surface area contributed by atoms with Gasteiger partial charge < -0.3 is 19.9 Å². The molecule has 0 atom stereocenters. The minimum atomic E-state index is -0.602. The second kappa shape index (κ2) is 7.95. The highest BCUT2D eigenvalue weighted by Crippen LogP contribution is 2.25. The first-order chi connectivity index (χ1) is 11.2. The van der Waals surface area contributed by atoms with Gasteiger partial charge in [0.15, 0.2) is 0 Å². The summed E-state index contributed by atoms with van der Waals surface area (Å²) in [6, 6.07) is 13.1. The molecule has 2 N–H and O–H groups in total. The van der Waals surface area contributed by atoms with Crippen LogP contribution in [0.15, 0.2) is 48.5 Å². The first-order valence-electron chi connectivity index (χ1n) is 7.00. The lowest BCUT2D eigenvalue weighted by atomic mass is 10.1. The number of aliphatic hydroxyl groups is 1. The lowest BCUT2D eigenvalue weighted by Crippen LogP contribution is -2.13.